The summed E-state index contributed by atoms with van der Waals surface area (Å²) in [5, 5.41) is 12.3. The Morgan fingerprint density at radius 3 is 2.59 bits per heavy atom. The molecule has 0 fully saturated rings. The standard InChI is InChI=1S/C12H10FNO3/c13-9-4-1-8(2-5-9)3-6-10-7-11(12(15)16)17-14-10/h1-2,4-5,7H,3,6H2,(H,15,16). The van der Waals surface area contributed by atoms with Crippen LogP contribution in [0.4, 0.5) is 4.39 Å². The lowest BCUT2D eigenvalue weighted by Gasteiger charge is -1.97. The highest BCUT2D eigenvalue weighted by atomic mass is 19.1. The van der Waals surface area contributed by atoms with Crippen LogP contribution in [0.5, 0.6) is 0 Å². The van der Waals surface area contributed by atoms with E-state index in [2.05, 4.69) is 9.68 Å². The molecular weight excluding hydrogens is 225 g/mol. The average Bonchev–Trinajstić information content (AvgIpc) is 2.77. The molecule has 0 aliphatic heterocycles. The average molecular weight is 235 g/mol. The van der Waals surface area contributed by atoms with Crippen LogP contribution in [0.15, 0.2) is 34.9 Å². The summed E-state index contributed by atoms with van der Waals surface area (Å²) >= 11 is 0. The zero-order valence-electron chi connectivity index (χ0n) is 8.89. The van der Waals surface area contributed by atoms with Gasteiger partial charge in [-0.3, -0.25) is 0 Å². The molecule has 17 heavy (non-hydrogen) atoms. The fraction of sp³-hybridized carbons (Fsp3) is 0.167. The second kappa shape index (κ2) is 4.78. The van der Waals surface area contributed by atoms with Crippen LogP contribution in [0.25, 0.3) is 0 Å². The fourth-order valence-electron chi connectivity index (χ4n) is 1.45. The number of aromatic carboxylic acids is 1. The first-order valence-corrected chi connectivity index (χ1v) is 5.08. The Morgan fingerprint density at radius 2 is 2.00 bits per heavy atom. The summed E-state index contributed by atoms with van der Waals surface area (Å²) in [6.45, 7) is 0. The van der Waals surface area contributed by atoms with Gasteiger partial charge in [-0.2, -0.15) is 0 Å². The van der Waals surface area contributed by atoms with Gasteiger partial charge in [0.1, 0.15) is 5.82 Å². The summed E-state index contributed by atoms with van der Waals surface area (Å²) in [5.41, 5.74) is 1.54. The van der Waals surface area contributed by atoms with Gasteiger partial charge >= 0.3 is 5.97 Å². The summed E-state index contributed by atoms with van der Waals surface area (Å²) in [6.07, 6.45) is 1.22. The van der Waals surface area contributed by atoms with Gasteiger partial charge in [0.15, 0.2) is 0 Å². The number of aryl methyl sites for hydroxylation is 2. The van der Waals surface area contributed by atoms with Gasteiger partial charge in [0, 0.05) is 6.07 Å². The molecule has 0 spiro atoms. The number of carbonyl (C=O) groups is 1. The van der Waals surface area contributed by atoms with E-state index in [9.17, 15) is 9.18 Å². The van der Waals surface area contributed by atoms with Crippen LogP contribution in [0.1, 0.15) is 21.8 Å². The monoisotopic (exact) mass is 235 g/mol. The Kier molecular flexibility index (Phi) is 3.18. The molecule has 0 saturated carbocycles. The summed E-state index contributed by atoms with van der Waals surface area (Å²) in [6, 6.07) is 7.55. The molecule has 88 valence electrons. The largest absolute Gasteiger partial charge is 0.475 e. The van der Waals surface area contributed by atoms with E-state index in [1.165, 1.54) is 18.2 Å². The number of halogens is 1. The summed E-state index contributed by atoms with van der Waals surface area (Å²) in [4.78, 5) is 10.6. The molecule has 0 radical (unpaired) electrons. The lowest BCUT2D eigenvalue weighted by Crippen LogP contribution is -1.93. The summed E-state index contributed by atoms with van der Waals surface area (Å²) in [7, 11) is 0. The Balaban J connectivity index is 1.97. The van der Waals surface area contributed by atoms with Crippen LogP contribution >= 0.6 is 0 Å². The molecule has 0 aliphatic rings. The highest BCUT2D eigenvalue weighted by Gasteiger charge is 2.10. The predicted octanol–water partition coefficient (Wildman–Crippen LogP) is 2.30. The molecule has 5 heteroatoms. The third-order valence-corrected chi connectivity index (χ3v) is 2.35. The van der Waals surface area contributed by atoms with Crippen LogP contribution in [-0.4, -0.2) is 16.2 Å². The molecule has 2 aromatic rings. The lowest BCUT2D eigenvalue weighted by molar-refractivity contribution is 0.0652. The number of hydrogen-bond acceptors (Lipinski definition) is 3. The van der Waals surface area contributed by atoms with E-state index in [0.29, 0.717) is 18.5 Å². The lowest BCUT2D eigenvalue weighted by atomic mass is 10.1. The normalized spacial score (nSPS) is 10.4. The minimum Gasteiger partial charge on any atom is -0.475 e. The quantitative estimate of drug-likeness (QED) is 0.883. The van der Waals surface area contributed by atoms with Crippen molar-refractivity contribution in [1.29, 1.82) is 0 Å². The molecule has 0 atom stereocenters. The number of nitrogens with zero attached hydrogens (tertiary/aromatic N) is 1. The molecule has 1 aromatic carbocycles. The van der Waals surface area contributed by atoms with Crippen molar-refractivity contribution in [3.05, 3.63) is 53.2 Å². The topological polar surface area (TPSA) is 63.3 Å². The number of carboxylic acid groups (broad SMARTS) is 1. The third-order valence-electron chi connectivity index (χ3n) is 2.35. The van der Waals surface area contributed by atoms with Crippen LogP contribution in [-0.2, 0) is 12.8 Å². The minimum absolute atomic E-state index is 0.167. The second-order valence-electron chi connectivity index (χ2n) is 3.61. The third kappa shape index (κ3) is 2.90. The smallest absolute Gasteiger partial charge is 0.374 e. The summed E-state index contributed by atoms with van der Waals surface area (Å²) in [5.74, 6) is -1.58. The van der Waals surface area contributed by atoms with Crippen molar-refractivity contribution in [2.75, 3.05) is 0 Å². The first kappa shape index (κ1) is 11.3. The van der Waals surface area contributed by atoms with Gasteiger partial charge in [0.2, 0.25) is 5.76 Å². The van der Waals surface area contributed by atoms with Gasteiger partial charge in [-0.15, -0.1) is 0 Å². The van der Waals surface area contributed by atoms with Crippen LogP contribution in [0.2, 0.25) is 0 Å². The van der Waals surface area contributed by atoms with Gasteiger partial charge in [-0.25, -0.2) is 9.18 Å². The van der Waals surface area contributed by atoms with Crippen molar-refractivity contribution in [3.8, 4) is 0 Å². The number of carboxylic acids is 1. The van der Waals surface area contributed by atoms with Crippen molar-refractivity contribution >= 4 is 5.97 Å². The molecule has 0 saturated heterocycles. The number of hydrogen-bond donors (Lipinski definition) is 1. The number of rotatable bonds is 4. The van der Waals surface area contributed by atoms with E-state index < -0.39 is 5.97 Å². The van der Waals surface area contributed by atoms with Crippen molar-refractivity contribution < 1.29 is 18.8 Å². The first-order valence-electron chi connectivity index (χ1n) is 5.08. The number of benzene rings is 1. The molecule has 0 unspecified atom stereocenters. The van der Waals surface area contributed by atoms with Gasteiger partial charge in [-0.05, 0) is 30.5 Å². The summed E-state index contributed by atoms with van der Waals surface area (Å²) < 4.78 is 17.3. The molecule has 1 heterocycles. The number of aromatic nitrogens is 1. The van der Waals surface area contributed by atoms with Gasteiger partial charge < -0.3 is 9.63 Å². The van der Waals surface area contributed by atoms with Crippen LogP contribution < -0.4 is 0 Å². The van der Waals surface area contributed by atoms with E-state index >= 15 is 0 Å². The van der Waals surface area contributed by atoms with Crippen molar-refractivity contribution in [1.82, 2.24) is 5.16 Å². The van der Waals surface area contributed by atoms with Crippen molar-refractivity contribution in [2.24, 2.45) is 0 Å². The van der Waals surface area contributed by atoms with Gasteiger partial charge in [0.25, 0.3) is 0 Å². The molecule has 1 N–H and O–H groups in total. The molecule has 1 aromatic heterocycles. The van der Waals surface area contributed by atoms with E-state index in [1.807, 2.05) is 0 Å². The first-order chi connectivity index (χ1) is 8.15. The van der Waals surface area contributed by atoms with Crippen LogP contribution in [0, 0.1) is 5.82 Å². The Hall–Kier alpha value is -2.17. The minimum atomic E-state index is -1.13. The van der Waals surface area contributed by atoms with E-state index in [1.54, 1.807) is 12.1 Å². The maximum Gasteiger partial charge on any atom is 0.374 e. The second-order valence-corrected chi connectivity index (χ2v) is 3.61. The molecule has 4 nitrogen and oxygen atoms in total. The predicted molar refractivity (Wildman–Crippen MR) is 57.3 cm³/mol. The Labute approximate surface area is 96.7 Å². The Bertz CT molecular complexity index is 519. The van der Waals surface area contributed by atoms with Crippen molar-refractivity contribution in [2.45, 2.75) is 12.8 Å². The molecule has 0 amide bonds. The molecule has 0 aliphatic carbocycles. The van der Waals surface area contributed by atoms with E-state index in [0.717, 1.165) is 5.56 Å². The zero-order chi connectivity index (χ0) is 12.3. The highest BCUT2D eigenvalue weighted by molar-refractivity contribution is 5.84. The molecular formula is C12H10FNO3. The fourth-order valence-corrected chi connectivity index (χ4v) is 1.45. The van der Waals surface area contributed by atoms with Crippen LogP contribution in [0.3, 0.4) is 0 Å². The highest BCUT2D eigenvalue weighted by Crippen LogP contribution is 2.09. The SMILES string of the molecule is O=C(O)c1cc(CCc2ccc(F)cc2)no1. The molecule has 2 rings (SSSR count). The van der Waals surface area contributed by atoms with E-state index in [4.69, 9.17) is 5.11 Å². The zero-order valence-corrected chi connectivity index (χ0v) is 8.89. The van der Waals surface area contributed by atoms with Crippen molar-refractivity contribution in [3.63, 3.8) is 0 Å². The maximum atomic E-state index is 12.6. The molecule has 0 bridgehead atoms. The van der Waals surface area contributed by atoms with Gasteiger partial charge in [-0.1, -0.05) is 17.3 Å². The maximum absolute atomic E-state index is 12.6. The Morgan fingerprint density at radius 1 is 1.29 bits per heavy atom. The van der Waals surface area contributed by atoms with Gasteiger partial charge in [0.05, 0.1) is 5.69 Å². The van der Waals surface area contributed by atoms with E-state index in [-0.39, 0.29) is 11.6 Å².